The van der Waals surface area contributed by atoms with E-state index in [4.69, 9.17) is 0 Å². The number of nitrogens with one attached hydrogen (secondary N) is 2. The van der Waals surface area contributed by atoms with Gasteiger partial charge in [0.1, 0.15) is 5.82 Å². The van der Waals surface area contributed by atoms with Gasteiger partial charge < -0.3 is 15.2 Å². The van der Waals surface area contributed by atoms with Crippen LogP contribution in [0.5, 0.6) is 0 Å². The fraction of sp³-hybridized carbons (Fsp3) is 0.545. The van der Waals surface area contributed by atoms with Crippen LogP contribution in [0, 0.1) is 11.8 Å². The standard InChI is InChI=1S/C22H32N4O/c1-18(20-10-5-11-23-16-20)15-22(27)25-17-21-24-12-14-26(21)13-6-9-19-7-3-2-4-8-19/h2-4,7-8,12,14,18,20,23H,5-6,9-11,13,15-17H2,1H3,(H,25,27). The molecule has 3 rings (SSSR count). The predicted octanol–water partition coefficient (Wildman–Crippen LogP) is 3.16. The van der Waals surface area contributed by atoms with Crippen molar-refractivity contribution in [2.24, 2.45) is 11.8 Å². The van der Waals surface area contributed by atoms with E-state index in [2.05, 4.69) is 51.4 Å². The van der Waals surface area contributed by atoms with Crippen LogP contribution in [0.3, 0.4) is 0 Å². The number of hydrogen-bond acceptors (Lipinski definition) is 3. The van der Waals surface area contributed by atoms with Gasteiger partial charge >= 0.3 is 0 Å². The maximum absolute atomic E-state index is 12.3. The Balaban J connectivity index is 1.40. The molecule has 2 unspecified atom stereocenters. The molecule has 0 saturated carbocycles. The molecule has 146 valence electrons. The first-order valence-electron chi connectivity index (χ1n) is 10.2. The molecule has 0 aliphatic carbocycles. The summed E-state index contributed by atoms with van der Waals surface area (Å²) in [6.07, 6.45) is 8.99. The summed E-state index contributed by atoms with van der Waals surface area (Å²) < 4.78 is 2.15. The second-order valence-electron chi connectivity index (χ2n) is 7.69. The summed E-state index contributed by atoms with van der Waals surface area (Å²) in [6.45, 7) is 5.78. The van der Waals surface area contributed by atoms with Gasteiger partial charge in [-0.25, -0.2) is 4.98 Å². The molecular weight excluding hydrogens is 336 g/mol. The minimum atomic E-state index is 0.131. The molecule has 1 fully saturated rings. The number of nitrogens with zero attached hydrogens (tertiary/aromatic N) is 2. The van der Waals surface area contributed by atoms with E-state index in [1.54, 1.807) is 0 Å². The Morgan fingerprint density at radius 2 is 2.22 bits per heavy atom. The van der Waals surface area contributed by atoms with E-state index in [9.17, 15) is 4.79 Å². The van der Waals surface area contributed by atoms with Crippen LogP contribution in [0.15, 0.2) is 42.7 Å². The van der Waals surface area contributed by atoms with Gasteiger partial charge in [-0.05, 0) is 56.2 Å². The molecule has 2 atom stereocenters. The second kappa shape index (κ2) is 10.3. The monoisotopic (exact) mass is 368 g/mol. The van der Waals surface area contributed by atoms with Gasteiger partial charge in [-0.3, -0.25) is 4.79 Å². The zero-order chi connectivity index (χ0) is 18.9. The second-order valence-corrected chi connectivity index (χ2v) is 7.69. The van der Waals surface area contributed by atoms with Crippen LogP contribution in [-0.2, 0) is 24.3 Å². The lowest BCUT2D eigenvalue weighted by Gasteiger charge is -2.28. The van der Waals surface area contributed by atoms with Gasteiger partial charge in [-0.15, -0.1) is 0 Å². The van der Waals surface area contributed by atoms with E-state index >= 15 is 0 Å². The number of hydrogen-bond donors (Lipinski definition) is 2. The van der Waals surface area contributed by atoms with Gasteiger partial charge in [0.05, 0.1) is 6.54 Å². The summed E-state index contributed by atoms with van der Waals surface area (Å²) in [6, 6.07) is 10.5. The average Bonchev–Trinajstić information content (AvgIpc) is 3.15. The average molecular weight is 369 g/mol. The Morgan fingerprint density at radius 1 is 1.37 bits per heavy atom. The zero-order valence-corrected chi connectivity index (χ0v) is 16.4. The van der Waals surface area contributed by atoms with Gasteiger partial charge in [0.2, 0.25) is 5.91 Å². The van der Waals surface area contributed by atoms with Crippen molar-refractivity contribution in [2.75, 3.05) is 13.1 Å². The molecule has 0 radical (unpaired) electrons. The summed E-state index contributed by atoms with van der Waals surface area (Å²) in [5.41, 5.74) is 1.36. The normalized spacial score (nSPS) is 18.2. The summed E-state index contributed by atoms with van der Waals surface area (Å²) in [5.74, 6) is 2.10. The third-order valence-electron chi connectivity index (χ3n) is 5.60. The number of carbonyl (C=O) groups is 1. The highest BCUT2D eigenvalue weighted by Gasteiger charge is 2.22. The van der Waals surface area contributed by atoms with Crippen LogP contribution in [0.25, 0.3) is 0 Å². The minimum Gasteiger partial charge on any atom is -0.349 e. The van der Waals surface area contributed by atoms with Crippen LogP contribution in [0.2, 0.25) is 0 Å². The Bertz CT molecular complexity index is 691. The first-order valence-corrected chi connectivity index (χ1v) is 10.2. The van der Waals surface area contributed by atoms with Crippen LogP contribution in [-0.4, -0.2) is 28.5 Å². The van der Waals surface area contributed by atoms with Crippen LogP contribution in [0.1, 0.15) is 44.0 Å². The number of aryl methyl sites for hydroxylation is 2. The molecule has 27 heavy (non-hydrogen) atoms. The molecule has 5 heteroatoms. The first-order chi connectivity index (χ1) is 13.2. The number of aromatic nitrogens is 2. The van der Waals surface area contributed by atoms with Gasteiger partial charge in [0, 0.05) is 25.4 Å². The lowest BCUT2D eigenvalue weighted by molar-refractivity contribution is -0.122. The Hall–Kier alpha value is -2.14. The van der Waals surface area contributed by atoms with Crippen molar-refractivity contribution in [1.29, 1.82) is 0 Å². The molecule has 1 aliphatic heterocycles. The third-order valence-corrected chi connectivity index (χ3v) is 5.60. The van der Waals surface area contributed by atoms with Crippen LogP contribution in [0.4, 0.5) is 0 Å². The van der Waals surface area contributed by atoms with Crippen LogP contribution < -0.4 is 10.6 Å². The van der Waals surface area contributed by atoms with Gasteiger partial charge in [-0.1, -0.05) is 37.3 Å². The van der Waals surface area contributed by atoms with E-state index in [0.29, 0.717) is 24.8 Å². The molecular formula is C22H32N4O. The fourth-order valence-corrected chi connectivity index (χ4v) is 3.88. The molecule has 2 heterocycles. The largest absolute Gasteiger partial charge is 0.349 e. The third kappa shape index (κ3) is 6.21. The molecule has 1 aliphatic rings. The summed E-state index contributed by atoms with van der Waals surface area (Å²) in [5, 5.41) is 6.50. The predicted molar refractivity (Wildman–Crippen MR) is 108 cm³/mol. The highest BCUT2D eigenvalue weighted by atomic mass is 16.1. The van der Waals surface area contributed by atoms with Crippen molar-refractivity contribution in [2.45, 2.75) is 52.1 Å². The Kier molecular flexibility index (Phi) is 7.45. The topological polar surface area (TPSA) is 59.0 Å². The van der Waals surface area contributed by atoms with E-state index in [-0.39, 0.29) is 5.91 Å². The summed E-state index contributed by atoms with van der Waals surface area (Å²) in [4.78, 5) is 16.8. The molecule has 1 saturated heterocycles. The zero-order valence-electron chi connectivity index (χ0n) is 16.4. The first kappa shape index (κ1) is 19.6. The van der Waals surface area contributed by atoms with Gasteiger partial charge in [0.25, 0.3) is 0 Å². The summed E-state index contributed by atoms with van der Waals surface area (Å²) in [7, 11) is 0. The number of amides is 1. The lowest BCUT2D eigenvalue weighted by atomic mass is 9.85. The Labute approximate surface area is 162 Å². The minimum absolute atomic E-state index is 0.131. The maximum Gasteiger partial charge on any atom is 0.220 e. The molecule has 1 aromatic heterocycles. The quantitative estimate of drug-likeness (QED) is 0.715. The highest BCUT2D eigenvalue weighted by molar-refractivity contribution is 5.76. The van der Waals surface area contributed by atoms with Gasteiger partial charge in [-0.2, -0.15) is 0 Å². The number of rotatable bonds is 9. The van der Waals surface area contributed by atoms with Crippen molar-refractivity contribution >= 4 is 5.91 Å². The number of carbonyl (C=O) groups excluding carboxylic acids is 1. The molecule has 0 spiro atoms. The SMILES string of the molecule is CC(CC(=O)NCc1nccn1CCCc1ccccc1)C1CCCNC1. The molecule has 1 amide bonds. The van der Waals surface area contributed by atoms with Crippen molar-refractivity contribution in [3.8, 4) is 0 Å². The number of benzene rings is 1. The summed E-state index contributed by atoms with van der Waals surface area (Å²) >= 11 is 0. The Morgan fingerprint density at radius 3 is 3.00 bits per heavy atom. The van der Waals surface area contributed by atoms with Crippen molar-refractivity contribution in [3.63, 3.8) is 0 Å². The van der Waals surface area contributed by atoms with E-state index < -0.39 is 0 Å². The van der Waals surface area contributed by atoms with E-state index in [1.165, 1.54) is 18.4 Å². The van der Waals surface area contributed by atoms with Crippen molar-refractivity contribution < 1.29 is 4.79 Å². The number of imidazole rings is 1. The fourth-order valence-electron chi connectivity index (χ4n) is 3.88. The maximum atomic E-state index is 12.3. The van der Waals surface area contributed by atoms with E-state index in [0.717, 1.165) is 38.3 Å². The van der Waals surface area contributed by atoms with Crippen molar-refractivity contribution in [3.05, 3.63) is 54.1 Å². The molecule has 2 aromatic rings. The van der Waals surface area contributed by atoms with Crippen molar-refractivity contribution in [1.82, 2.24) is 20.2 Å². The molecule has 2 N–H and O–H groups in total. The van der Waals surface area contributed by atoms with Crippen LogP contribution >= 0.6 is 0 Å². The number of piperidine rings is 1. The van der Waals surface area contributed by atoms with E-state index in [1.807, 2.05) is 18.5 Å². The highest BCUT2D eigenvalue weighted by Crippen LogP contribution is 2.22. The molecule has 0 bridgehead atoms. The van der Waals surface area contributed by atoms with Gasteiger partial charge in [0.15, 0.2) is 0 Å². The molecule has 5 nitrogen and oxygen atoms in total. The lowest BCUT2D eigenvalue weighted by Crippen LogP contribution is -2.35. The molecule has 1 aromatic carbocycles. The smallest absolute Gasteiger partial charge is 0.220 e.